The maximum Gasteiger partial charge on any atom is 0.195 e. The van der Waals surface area contributed by atoms with Crippen molar-refractivity contribution in [2.24, 2.45) is 0 Å². The van der Waals surface area contributed by atoms with Gasteiger partial charge in [-0.1, -0.05) is 19.8 Å². The molecule has 0 N–H and O–H groups in total. The van der Waals surface area contributed by atoms with Crippen molar-refractivity contribution in [3.8, 4) is 11.1 Å². The van der Waals surface area contributed by atoms with Gasteiger partial charge < -0.3 is 0 Å². The second-order valence-electron chi connectivity index (χ2n) is 6.43. The molecule has 0 unspecified atom stereocenters. The molecular formula is C21H16F6. The SMILES string of the molecule is CCCCCc1cc(F)c(-c2cc(F)c3c(F)c(F)c(F)cc3c2)c(F)c1. The lowest BCUT2D eigenvalue weighted by Crippen LogP contribution is -1.98. The molecular weight excluding hydrogens is 366 g/mol. The van der Waals surface area contributed by atoms with E-state index >= 15 is 0 Å². The van der Waals surface area contributed by atoms with Crippen LogP contribution >= 0.6 is 0 Å². The van der Waals surface area contributed by atoms with Crippen molar-refractivity contribution in [1.82, 2.24) is 0 Å². The number of aryl methyl sites for hydroxylation is 1. The molecule has 0 atom stereocenters. The van der Waals surface area contributed by atoms with Gasteiger partial charge in [-0.05, 0) is 59.7 Å². The zero-order valence-corrected chi connectivity index (χ0v) is 14.5. The highest BCUT2D eigenvalue weighted by Crippen LogP contribution is 2.34. The smallest absolute Gasteiger partial charge is 0.195 e. The summed E-state index contributed by atoms with van der Waals surface area (Å²) in [6.07, 6.45) is 3.18. The van der Waals surface area contributed by atoms with Crippen LogP contribution in [-0.2, 0) is 6.42 Å². The number of benzene rings is 3. The number of fused-ring (bicyclic) bond motifs is 1. The zero-order chi connectivity index (χ0) is 19.7. The lowest BCUT2D eigenvalue weighted by atomic mass is 9.97. The van der Waals surface area contributed by atoms with Crippen LogP contribution in [0.2, 0.25) is 0 Å². The highest BCUT2D eigenvalue weighted by Gasteiger charge is 2.20. The first kappa shape index (κ1) is 19.3. The van der Waals surface area contributed by atoms with E-state index in [2.05, 4.69) is 0 Å². The van der Waals surface area contributed by atoms with Crippen molar-refractivity contribution in [3.05, 3.63) is 70.8 Å². The fourth-order valence-electron chi connectivity index (χ4n) is 3.16. The van der Waals surface area contributed by atoms with Crippen LogP contribution in [-0.4, -0.2) is 0 Å². The van der Waals surface area contributed by atoms with Gasteiger partial charge in [0.2, 0.25) is 0 Å². The molecule has 142 valence electrons. The molecule has 0 spiro atoms. The van der Waals surface area contributed by atoms with E-state index in [0.29, 0.717) is 24.1 Å². The quantitative estimate of drug-likeness (QED) is 0.251. The number of unbranched alkanes of at least 4 members (excludes halogenated alkanes) is 2. The molecule has 6 heteroatoms. The molecule has 0 aliphatic rings. The summed E-state index contributed by atoms with van der Waals surface area (Å²) in [5.74, 6) is -8.02. The van der Waals surface area contributed by atoms with Crippen LogP contribution in [0.1, 0.15) is 31.7 Å². The van der Waals surface area contributed by atoms with Crippen LogP contribution in [0.5, 0.6) is 0 Å². The van der Waals surface area contributed by atoms with Gasteiger partial charge in [-0.2, -0.15) is 0 Å². The molecule has 0 aliphatic heterocycles. The van der Waals surface area contributed by atoms with Gasteiger partial charge in [-0.3, -0.25) is 0 Å². The molecule has 0 saturated heterocycles. The molecule has 3 aromatic carbocycles. The minimum atomic E-state index is -1.80. The number of halogens is 6. The molecule has 0 saturated carbocycles. The predicted octanol–water partition coefficient (Wildman–Crippen LogP) is 7.07. The van der Waals surface area contributed by atoms with E-state index in [0.717, 1.165) is 25.3 Å². The van der Waals surface area contributed by atoms with Crippen molar-refractivity contribution >= 4 is 10.8 Å². The van der Waals surface area contributed by atoms with Gasteiger partial charge in [0, 0.05) is 0 Å². The van der Waals surface area contributed by atoms with Crippen LogP contribution in [0.4, 0.5) is 26.3 Å². The minimum Gasteiger partial charge on any atom is -0.206 e. The first-order valence-electron chi connectivity index (χ1n) is 8.58. The Labute approximate surface area is 152 Å². The maximum absolute atomic E-state index is 14.5. The fraction of sp³-hybridized carbons (Fsp3) is 0.238. The van der Waals surface area contributed by atoms with E-state index in [1.807, 2.05) is 6.92 Å². The van der Waals surface area contributed by atoms with Gasteiger partial charge in [-0.15, -0.1) is 0 Å². The first-order chi connectivity index (χ1) is 12.8. The van der Waals surface area contributed by atoms with Crippen LogP contribution in [0.15, 0.2) is 30.3 Å². The largest absolute Gasteiger partial charge is 0.206 e. The molecule has 0 amide bonds. The highest BCUT2D eigenvalue weighted by molar-refractivity contribution is 5.88. The number of hydrogen-bond donors (Lipinski definition) is 0. The van der Waals surface area contributed by atoms with Crippen molar-refractivity contribution in [2.45, 2.75) is 32.6 Å². The topological polar surface area (TPSA) is 0 Å². The van der Waals surface area contributed by atoms with Gasteiger partial charge >= 0.3 is 0 Å². The van der Waals surface area contributed by atoms with Gasteiger partial charge in [0.05, 0.1) is 10.9 Å². The van der Waals surface area contributed by atoms with E-state index in [4.69, 9.17) is 0 Å². The van der Waals surface area contributed by atoms with Crippen LogP contribution in [0.3, 0.4) is 0 Å². The Hall–Kier alpha value is -2.50. The Kier molecular flexibility index (Phi) is 5.44. The fourth-order valence-corrected chi connectivity index (χ4v) is 3.16. The van der Waals surface area contributed by atoms with Gasteiger partial charge in [0.15, 0.2) is 17.5 Å². The van der Waals surface area contributed by atoms with E-state index in [9.17, 15) is 26.3 Å². The van der Waals surface area contributed by atoms with Gasteiger partial charge in [-0.25, -0.2) is 26.3 Å². The van der Waals surface area contributed by atoms with Crippen molar-refractivity contribution in [3.63, 3.8) is 0 Å². The van der Waals surface area contributed by atoms with Crippen LogP contribution in [0, 0.1) is 34.9 Å². The Morgan fingerprint density at radius 3 is 1.96 bits per heavy atom. The Morgan fingerprint density at radius 1 is 0.667 bits per heavy atom. The molecule has 0 radical (unpaired) electrons. The van der Waals surface area contributed by atoms with E-state index in [1.54, 1.807) is 0 Å². The Morgan fingerprint density at radius 2 is 1.33 bits per heavy atom. The summed E-state index contributed by atoms with van der Waals surface area (Å²) < 4.78 is 83.8. The summed E-state index contributed by atoms with van der Waals surface area (Å²) in [7, 11) is 0. The third kappa shape index (κ3) is 3.66. The second-order valence-corrected chi connectivity index (χ2v) is 6.43. The van der Waals surface area contributed by atoms with Crippen LogP contribution < -0.4 is 0 Å². The standard InChI is InChI=1S/C21H16F6/c1-2-3-4-5-11-6-14(22)18(15(23)7-11)12-8-13-10-17(25)20(26)21(27)19(13)16(24)9-12/h6-10H,2-5H2,1H3. The van der Waals surface area contributed by atoms with E-state index < -0.39 is 45.9 Å². The van der Waals surface area contributed by atoms with Crippen molar-refractivity contribution in [1.29, 1.82) is 0 Å². The van der Waals surface area contributed by atoms with Gasteiger partial charge in [0.25, 0.3) is 0 Å². The van der Waals surface area contributed by atoms with E-state index in [1.165, 1.54) is 12.1 Å². The molecule has 3 rings (SSSR count). The minimum absolute atomic E-state index is 0.222. The average Bonchev–Trinajstić information content (AvgIpc) is 2.59. The molecule has 0 nitrogen and oxygen atoms in total. The van der Waals surface area contributed by atoms with E-state index in [-0.39, 0.29) is 10.9 Å². The molecule has 0 heterocycles. The summed E-state index contributed by atoms with van der Waals surface area (Å²) in [5.41, 5.74) is -0.247. The number of rotatable bonds is 5. The Bertz CT molecular complexity index is 986. The molecule has 0 aliphatic carbocycles. The average molecular weight is 382 g/mol. The second kappa shape index (κ2) is 7.62. The predicted molar refractivity (Wildman–Crippen MR) is 92.4 cm³/mol. The lowest BCUT2D eigenvalue weighted by molar-refractivity contribution is 0.451. The summed E-state index contributed by atoms with van der Waals surface area (Å²) in [6, 6.07) is 4.67. The molecule has 0 fully saturated rings. The summed E-state index contributed by atoms with van der Waals surface area (Å²) in [4.78, 5) is 0. The summed E-state index contributed by atoms with van der Waals surface area (Å²) >= 11 is 0. The first-order valence-corrected chi connectivity index (χ1v) is 8.58. The monoisotopic (exact) mass is 382 g/mol. The molecule has 0 aromatic heterocycles. The molecule has 3 aromatic rings. The van der Waals surface area contributed by atoms with Gasteiger partial charge in [0.1, 0.15) is 17.5 Å². The van der Waals surface area contributed by atoms with Crippen molar-refractivity contribution < 1.29 is 26.3 Å². The normalized spacial score (nSPS) is 11.4. The Balaban J connectivity index is 2.11. The third-order valence-electron chi connectivity index (χ3n) is 4.48. The molecule has 0 bridgehead atoms. The summed E-state index contributed by atoms with van der Waals surface area (Å²) in [6.45, 7) is 2.01. The van der Waals surface area contributed by atoms with Crippen LogP contribution in [0.25, 0.3) is 21.9 Å². The van der Waals surface area contributed by atoms with Crippen molar-refractivity contribution in [2.75, 3.05) is 0 Å². The lowest BCUT2D eigenvalue weighted by Gasteiger charge is -2.11. The molecule has 27 heavy (non-hydrogen) atoms. The zero-order valence-electron chi connectivity index (χ0n) is 14.5. The third-order valence-corrected chi connectivity index (χ3v) is 4.48. The summed E-state index contributed by atoms with van der Waals surface area (Å²) in [5, 5.41) is -1.10. The maximum atomic E-state index is 14.5. The number of hydrogen-bond acceptors (Lipinski definition) is 0. The highest BCUT2D eigenvalue weighted by atomic mass is 19.2.